The fraction of sp³-hybridized carbons (Fsp3) is 0.0870. The Bertz CT molecular complexity index is 1080. The molecule has 3 aromatic carbocycles. The highest BCUT2D eigenvalue weighted by Gasteiger charge is 2.23. The Morgan fingerprint density at radius 3 is 2.28 bits per heavy atom. The van der Waals surface area contributed by atoms with Crippen molar-refractivity contribution in [1.29, 1.82) is 0 Å². The van der Waals surface area contributed by atoms with Crippen LogP contribution >= 0.6 is 11.6 Å². The molecule has 29 heavy (non-hydrogen) atoms. The van der Waals surface area contributed by atoms with Crippen molar-refractivity contribution in [3.05, 3.63) is 107 Å². The van der Waals surface area contributed by atoms with Crippen LogP contribution in [-0.4, -0.2) is 16.0 Å². The largest absolute Gasteiger partial charge is 0.340 e. The van der Waals surface area contributed by atoms with Crippen LogP contribution in [0.3, 0.4) is 0 Å². The van der Waals surface area contributed by atoms with Gasteiger partial charge in [-0.25, -0.2) is 0 Å². The lowest BCUT2D eigenvalue weighted by Gasteiger charge is -2.15. The predicted octanol–water partition coefficient (Wildman–Crippen LogP) is 5.10. The molecular weight excluding hydrogens is 386 g/mol. The van der Waals surface area contributed by atoms with Crippen LogP contribution in [-0.2, 0) is 6.42 Å². The molecule has 0 bridgehead atoms. The van der Waals surface area contributed by atoms with Crippen LogP contribution in [0, 0.1) is 0 Å². The standard InChI is InChI=1S/C23H18ClN3O2/c24-19-13-11-17(12-14-19)21-26-23(29-27-21)20(15-16-7-3-1-4-8-16)25-22(28)18-9-5-2-6-10-18/h1-14,20H,15H2,(H,25,28). The van der Waals surface area contributed by atoms with Gasteiger partial charge in [0.15, 0.2) is 0 Å². The second-order valence-electron chi connectivity index (χ2n) is 6.54. The van der Waals surface area contributed by atoms with Gasteiger partial charge in [-0.1, -0.05) is 65.3 Å². The summed E-state index contributed by atoms with van der Waals surface area (Å²) >= 11 is 5.95. The van der Waals surface area contributed by atoms with Crippen LogP contribution in [0.25, 0.3) is 11.4 Å². The van der Waals surface area contributed by atoms with Gasteiger partial charge < -0.3 is 9.84 Å². The summed E-state index contributed by atoms with van der Waals surface area (Å²) < 4.78 is 5.51. The Morgan fingerprint density at radius 2 is 1.59 bits per heavy atom. The minimum Gasteiger partial charge on any atom is -0.340 e. The predicted molar refractivity (Wildman–Crippen MR) is 112 cm³/mol. The summed E-state index contributed by atoms with van der Waals surface area (Å²) in [4.78, 5) is 17.2. The summed E-state index contributed by atoms with van der Waals surface area (Å²) in [5.41, 5.74) is 2.41. The van der Waals surface area contributed by atoms with Crippen LogP contribution < -0.4 is 5.32 Å². The van der Waals surface area contributed by atoms with E-state index < -0.39 is 6.04 Å². The molecule has 1 unspecified atom stereocenters. The molecule has 0 radical (unpaired) electrons. The third-order valence-corrected chi connectivity index (χ3v) is 4.72. The zero-order valence-electron chi connectivity index (χ0n) is 15.5. The Labute approximate surface area is 173 Å². The topological polar surface area (TPSA) is 68.0 Å². The number of carbonyl (C=O) groups is 1. The van der Waals surface area contributed by atoms with Gasteiger partial charge in [-0.05, 0) is 42.0 Å². The summed E-state index contributed by atoms with van der Waals surface area (Å²) in [5.74, 6) is 0.601. The highest BCUT2D eigenvalue weighted by molar-refractivity contribution is 6.30. The van der Waals surface area contributed by atoms with E-state index >= 15 is 0 Å². The molecule has 0 fully saturated rings. The first-order valence-corrected chi connectivity index (χ1v) is 9.56. The van der Waals surface area contributed by atoms with Gasteiger partial charge in [0.25, 0.3) is 5.91 Å². The van der Waals surface area contributed by atoms with E-state index in [1.807, 2.05) is 60.7 Å². The Kier molecular flexibility index (Phi) is 5.68. The summed E-state index contributed by atoms with van der Waals surface area (Å²) in [6.07, 6.45) is 0.529. The summed E-state index contributed by atoms with van der Waals surface area (Å²) in [5, 5.41) is 7.73. The second-order valence-corrected chi connectivity index (χ2v) is 6.98. The van der Waals surface area contributed by atoms with Crippen LogP contribution in [0.2, 0.25) is 5.02 Å². The van der Waals surface area contributed by atoms with E-state index in [4.69, 9.17) is 16.1 Å². The maximum absolute atomic E-state index is 12.7. The number of rotatable bonds is 6. The highest BCUT2D eigenvalue weighted by Crippen LogP contribution is 2.23. The van der Waals surface area contributed by atoms with E-state index in [0.717, 1.165) is 11.1 Å². The first-order chi connectivity index (χ1) is 14.2. The highest BCUT2D eigenvalue weighted by atomic mass is 35.5. The SMILES string of the molecule is O=C(NC(Cc1ccccc1)c1nc(-c2ccc(Cl)cc2)no1)c1ccccc1. The molecule has 0 aliphatic heterocycles. The first-order valence-electron chi connectivity index (χ1n) is 9.18. The van der Waals surface area contributed by atoms with Crippen LogP contribution in [0.4, 0.5) is 0 Å². The van der Waals surface area contributed by atoms with Crippen molar-refractivity contribution in [2.45, 2.75) is 12.5 Å². The summed E-state index contributed by atoms with van der Waals surface area (Å²) in [6.45, 7) is 0. The smallest absolute Gasteiger partial charge is 0.251 e. The van der Waals surface area contributed by atoms with Gasteiger partial charge >= 0.3 is 0 Å². The molecule has 1 heterocycles. The van der Waals surface area contributed by atoms with E-state index in [0.29, 0.717) is 28.7 Å². The zero-order valence-corrected chi connectivity index (χ0v) is 16.2. The number of amides is 1. The molecule has 144 valence electrons. The van der Waals surface area contributed by atoms with Crippen LogP contribution in [0.15, 0.2) is 89.5 Å². The number of aromatic nitrogens is 2. The van der Waals surface area contributed by atoms with Gasteiger partial charge in [0.2, 0.25) is 11.7 Å². The van der Waals surface area contributed by atoms with Gasteiger partial charge in [0.05, 0.1) is 0 Å². The van der Waals surface area contributed by atoms with Crippen molar-refractivity contribution in [3.63, 3.8) is 0 Å². The molecule has 0 spiro atoms. The molecule has 0 aliphatic carbocycles. The average molecular weight is 404 g/mol. The number of nitrogens with one attached hydrogen (secondary N) is 1. The lowest BCUT2D eigenvalue weighted by molar-refractivity contribution is 0.0928. The Balaban J connectivity index is 1.61. The van der Waals surface area contributed by atoms with Gasteiger partial charge in [-0.15, -0.1) is 0 Å². The van der Waals surface area contributed by atoms with Crippen molar-refractivity contribution < 1.29 is 9.32 Å². The number of benzene rings is 3. The van der Waals surface area contributed by atoms with Crippen molar-refractivity contribution in [1.82, 2.24) is 15.5 Å². The molecule has 5 nitrogen and oxygen atoms in total. The number of nitrogens with zero attached hydrogens (tertiary/aromatic N) is 2. The van der Waals surface area contributed by atoms with Crippen molar-refractivity contribution in [3.8, 4) is 11.4 Å². The van der Waals surface area contributed by atoms with Gasteiger partial charge in [-0.3, -0.25) is 4.79 Å². The molecule has 4 rings (SSSR count). The molecule has 0 saturated heterocycles. The van der Waals surface area contributed by atoms with Crippen molar-refractivity contribution in [2.75, 3.05) is 0 Å². The molecule has 6 heteroatoms. The summed E-state index contributed by atoms with van der Waals surface area (Å²) in [6, 6.07) is 25.6. The van der Waals surface area contributed by atoms with E-state index in [2.05, 4.69) is 15.5 Å². The Morgan fingerprint density at radius 1 is 0.931 bits per heavy atom. The number of hydrogen-bond acceptors (Lipinski definition) is 4. The van der Waals surface area contributed by atoms with Crippen molar-refractivity contribution in [2.24, 2.45) is 0 Å². The van der Waals surface area contributed by atoms with E-state index in [9.17, 15) is 4.79 Å². The molecule has 1 N–H and O–H groups in total. The number of carbonyl (C=O) groups excluding carboxylic acids is 1. The molecule has 1 aromatic heterocycles. The maximum atomic E-state index is 12.7. The normalized spacial score (nSPS) is 11.8. The lowest BCUT2D eigenvalue weighted by Crippen LogP contribution is -2.30. The maximum Gasteiger partial charge on any atom is 0.251 e. The molecule has 1 amide bonds. The van der Waals surface area contributed by atoms with Crippen molar-refractivity contribution >= 4 is 17.5 Å². The Hall–Kier alpha value is -3.44. The summed E-state index contributed by atoms with van der Waals surface area (Å²) in [7, 11) is 0. The van der Waals surface area contributed by atoms with Crippen LogP contribution in [0.1, 0.15) is 27.9 Å². The molecule has 1 atom stereocenters. The molecule has 0 aliphatic rings. The molecule has 4 aromatic rings. The average Bonchev–Trinajstić information content (AvgIpc) is 3.25. The molecular formula is C23H18ClN3O2. The van der Waals surface area contributed by atoms with Crippen LogP contribution in [0.5, 0.6) is 0 Å². The zero-order chi connectivity index (χ0) is 20.1. The first kappa shape index (κ1) is 18.9. The second kappa shape index (κ2) is 8.71. The lowest BCUT2D eigenvalue weighted by atomic mass is 10.1. The van der Waals surface area contributed by atoms with E-state index in [1.54, 1.807) is 24.3 Å². The van der Waals surface area contributed by atoms with Gasteiger partial charge in [0.1, 0.15) is 6.04 Å². The fourth-order valence-electron chi connectivity index (χ4n) is 2.97. The van der Waals surface area contributed by atoms with E-state index in [1.165, 1.54) is 0 Å². The number of halogens is 1. The third-order valence-electron chi connectivity index (χ3n) is 4.47. The molecule has 0 saturated carbocycles. The fourth-order valence-corrected chi connectivity index (χ4v) is 3.10. The van der Waals surface area contributed by atoms with Gasteiger partial charge in [0, 0.05) is 22.6 Å². The van der Waals surface area contributed by atoms with E-state index in [-0.39, 0.29) is 5.91 Å². The monoisotopic (exact) mass is 403 g/mol. The minimum absolute atomic E-state index is 0.197. The quantitative estimate of drug-likeness (QED) is 0.486. The van der Waals surface area contributed by atoms with Gasteiger partial charge in [-0.2, -0.15) is 4.98 Å². The minimum atomic E-state index is -0.460. The number of hydrogen-bond donors (Lipinski definition) is 1. The third kappa shape index (κ3) is 4.70.